The van der Waals surface area contributed by atoms with Crippen LogP contribution in [0, 0.1) is 0 Å². The van der Waals surface area contributed by atoms with E-state index >= 15 is 0 Å². The highest BCUT2D eigenvalue weighted by molar-refractivity contribution is 5.37. The van der Waals surface area contributed by atoms with Gasteiger partial charge in [0.25, 0.3) is 0 Å². The molecule has 20 heavy (non-hydrogen) atoms. The summed E-state index contributed by atoms with van der Waals surface area (Å²) in [4.78, 5) is 0. The predicted octanol–water partition coefficient (Wildman–Crippen LogP) is 3.35. The van der Waals surface area contributed by atoms with Crippen LogP contribution in [0.25, 0.3) is 0 Å². The molecule has 1 aliphatic rings. The van der Waals surface area contributed by atoms with E-state index in [-0.39, 0.29) is 0 Å². The lowest BCUT2D eigenvalue weighted by molar-refractivity contribution is 0.130. The third-order valence-corrected chi connectivity index (χ3v) is 3.96. The Morgan fingerprint density at radius 3 is 2.75 bits per heavy atom. The van der Waals surface area contributed by atoms with E-state index in [1.807, 2.05) is 6.07 Å². The average molecular weight is 277 g/mol. The molecule has 0 atom stereocenters. The van der Waals surface area contributed by atoms with Gasteiger partial charge in [-0.05, 0) is 49.8 Å². The SMILES string of the molecule is CCCOCCCNC1CC(c2ccccc2OC)C1. The second-order valence-corrected chi connectivity index (χ2v) is 5.53. The first-order chi connectivity index (χ1) is 9.85. The molecule has 1 fully saturated rings. The molecule has 1 aromatic rings. The van der Waals surface area contributed by atoms with Gasteiger partial charge in [0.2, 0.25) is 0 Å². The number of para-hydroxylation sites is 1. The van der Waals surface area contributed by atoms with Gasteiger partial charge in [0.1, 0.15) is 5.75 Å². The molecule has 1 aliphatic carbocycles. The number of benzene rings is 1. The summed E-state index contributed by atoms with van der Waals surface area (Å²) in [6.45, 7) is 4.97. The minimum atomic E-state index is 0.653. The predicted molar refractivity (Wildman–Crippen MR) is 82.5 cm³/mol. The Hall–Kier alpha value is -1.06. The fourth-order valence-electron chi connectivity index (χ4n) is 2.77. The van der Waals surface area contributed by atoms with Crippen LogP contribution in [0.5, 0.6) is 5.75 Å². The molecule has 0 aromatic heterocycles. The molecule has 2 rings (SSSR count). The summed E-state index contributed by atoms with van der Waals surface area (Å²) < 4.78 is 10.9. The van der Waals surface area contributed by atoms with Crippen molar-refractivity contribution in [1.82, 2.24) is 5.32 Å². The number of ether oxygens (including phenoxy) is 2. The van der Waals surface area contributed by atoms with Gasteiger partial charge in [-0.2, -0.15) is 0 Å². The first-order valence-electron chi connectivity index (χ1n) is 7.79. The molecule has 1 N–H and O–H groups in total. The summed E-state index contributed by atoms with van der Waals surface area (Å²) in [5.74, 6) is 1.68. The van der Waals surface area contributed by atoms with Crippen molar-refractivity contribution in [2.45, 2.75) is 44.6 Å². The molecule has 3 nitrogen and oxygen atoms in total. The molecule has 0 aliphatic heterocycles. The largest absolute Gasteiger partial charge is 0.496 e. The van der Waals surface area contributed by atoms with Gasteiger partial charge in [0, 0.05) is 19.3 Å². The van der Waals surface area contributed by atoms with Crippen molar-refractivity contribution in [3.63, 3.8) is 0 Å². The Labute approximate surface area is 122 Å². The van der Waals surface area contributed by atoms with Gasteiger partial charge in [-0.3, -0.25) is 0 Å². The van der Waals surface area contributed by atoms with E-state index in [1.165, 1.54) is 18.4 Å². The summed E-state index contributed by atoms with van der Waals surface area (Å²) >= 11 is 0. The lowest BCUT2D eigenvalue weighted by Crippen LogP contribution is -2.40. The molecule has 0 heterocycles. The van der Waals surface area contributed by atoms with E-state index in [1.54, 1.807) is 7.11 Å². The van der Waals surface area contributed by atoms with E-state index in [2.05, 4.69) is 30.4 Å². The Balaban J connectivity index is 1.62. The van der Waals surface area contributed by atoms with Gasteiger partial charge in [0.05, 0.1) is 7.11 Å². The summed E-state index contributed by atoms with van der Waals surface area (Å²) in [7, 11) is 1.75. The summed E-state index contributed by atoms with van der Waals surface area (Å²) in [6, 6.07) is 9.05. The fraction of sp³-hybridized carbons (Fsp3) is 0.647. The monoisotopic (exact) mass is 277 g/mol. The first kappa shape index (κ1) is 15.3. The van der Waals surface area contributed by atoms with Gasteiger partial charge in [-0.25, -0.2) is 0 Å². The van der Waals surface area contributed by atoms with Gasteiger partial charge in [-0.15, -0.1) is 0 Å². The van der Waals surface area contributed by atoms with Gasteiger partial charge in [-0.1, -0.05) is 25.1 Å². The van der Waals surface area contributed by atoms with Crippen LogP contribution in [0.15, 0.2) is 24.3 Å². The van der Waals surface area contributed by atoms with E-state index in [0.717, 1.165) is 38.3 Å². The van der Waals surface area contributed by atoms with Crippen molar-refractivity contribution in [3.8, 4) is 5.75 Å². The molecule has 1 saturated carbocycles. The molecule has 112 valence electrons. The van der Waals surface area contributed by atoms with Gasteiger partial charge < -0.3 is 14.8 Å². The van der Waals surface area contributed by atoms with E-state index in [0.29, 0.717) is 12.0 Å². The van der Waals surface area contributed by atoms with Crippen molar-refractivity contribution in [2.75, 3.05) is 26.9 Å². The molecule has 0 spiro atoms. The standard InChI is InChI=1S/C17H27NO2/c1-3-10-20-11-6-9-18-15-12-14(13-15)16-7-4-5-8-17(16)19-2/h4-5,7-8,14-15,18H,3,6,9-13H2,1-2H3. The number of hydrogen-bond acceptors (Lipinski definition) is 3. The Morgan fingerprint density at radius 1 is 1.20 bits per heavy atom. The molecule has 0 bridgehead atoms. The summed E-state index contributed by atoms with van der Waals surface area (Å²) in [5.41, 5.74) is 1.36. The smallest absolute Gasteiger partial charge is 0.122 e. The Bertz CT molecular complexity index is 388. The molecule has 0 radical (unpaired) electrons. The van der Waals surface area contributed by atoms with Crippen LogP contribution in [0.2, 0.25) is 0 Å². The van der Waals surface area contributed by atoms with Crippen LogP contribution in [-0.2, 0) is 4.74 Å². The zero-order valence-corrected chi connectivity index (χ0v) is 12.7. The van der Waals surface area contributed by atoms with Crippen molar-refractivity contribution in [1.29, 1.82) is 0 Å². The van der Waals surface area contributed by atoms with E-state index < -0.39 is 0 Å². The van der Waals surface area contributed by atoms with Crippen LogP contribution >= 0.6 is 0 Å². The average Bonchev–Trinajstić information content (AvgIpc) is 2.44. The van der Waals surface area contributed by atoms with Crippen LogP contribution in [0.1, 0.15) is 44.1 Å². The number of nitrogens with one attached hydrogen (secondary N) is 1. The van der Waals surface area contributed by atoms with E-state index in [4.69, 9.17) is 9.47 Å². The molecule has 0 unspecified atom stereocenters. The Morgan fingerprint density at radius 2 is 2.00 bits per heavy atom. The van der Waals surface area contributed by atoms with Crippen LogP contribution in [0.4, 0.5) is 0 Å². The van der Waals surface area contributed by atoms with Crippen LogP contribution in [-0.4, -0.2) is 32.9 Å². The highest BCUT2D eigenvalue weighted by Gasteiger charge is 2.31. The number of methoxy groups -OCH3 is 1. The molecule has 0 amide bonds. The zero-order chi connectivity index (χ0) is 14.2. The van der Waals surface area contributed by atoms with Gasteiger partial charge >= 0.3 is 0 Å². The quantitative estimate of drug-likeness (QED) is 0.702. The molecule has 1 aromatic carbocycles. The van der Waals surface area contributed by atoms with Crippen LogP contribution in [0.3, 0.4) is 0 Å². The molecular weight excluding hydrogens is 250 g/mol. The number of hydrogen-bond donors (Lipinski definition) is 1. The third kappa shape index (κ3) is 4.22. The lowest BCUT2D eigenvalue weighted by atomic mass is 9.75. The fourth-order valence-corrected chi connectivity index (χ4v) is 2.77. The second kappa shape index (κ2) is 8.28. The van der Waals surface area contributed by atoms with E-state index in [9.17, 15) is 0 Å². The Kier molecular flexibility index (Phi) is 6.34. The van der Waals surface area contributed by atoms with Gasteiger partial charge in [0.15, 0.2) is 0 Å². The summed E-state index contributed by atoms with van der Waals surface area (Å²) in [6.07, 6.45) is 4.65. The highest BCUT2D eigenvalue weighted by Crippen LogP contribution is 2.40. The van der Waals surface area contributed by atoms with Crippen molar-refractivity contribution >= 4 is 0 Å². The first-order valence-corrected chi connectivity index (χ1v) is 7.79. The summed E-state index contributed by atoms with van der Waals surface area (Å²) in [5, 5.41) is 3.61. The normalized spacial score (nSPS) is 21.5. The molecular formula is C17H27NO2. The topological polar surface area (TPSA) is 30.5 Å². The maximum Gasteiger partial charge on any atom is 0.122 e. The second-order valence-electron chi connectivity index (χ2n) is 5.53. The van der Waals surface area contributed by atoms with Crippen molar-refractivity contribution in [3.05, 3.63) is 29.8 Å². The molecule has 3 heteroatoms. The maximum atomic E-state index is 5.48. The highest BCUT2D eigenvalue weighted by atomic mass is 16.5. The van der Waals surface area contributed by atoms with Crippen molar-refractivity contribution < 1.29 is 9.47 Å². The minimum absolute atomic E-state index is 0.653. The maximum absolute atomic E-state index is 5.48. The van der Waals surface area contributed by atoms with Crippen molar-refractivity contribution in [2.24, 2.45) is 0 Å². The molecule has 0 saturated heterocycles. The minimum Gasteiger partial charge on any atom is -0.496 e. The third-order valence-electron chi connectivity index (χ3n) is 3.96. The number of rotatable bonds is 9. The lowest BCUT2D eigenvalue weighted by Gasteiger charge is -2.37. The van der Waals surface area contributed by atoms with Crippen LogP contribution < -0.4 is 10.1 Å². The zero-order valence-electron chi connectivity index (χ0n) is 12.7.